The fourth-order valence-electron chi connectivity index (χ4n) is 2.23. The minimum Gasteiger partial charge on any atom is -0.461 e. The quantitative estimate of drug-likeness (QED) is 0.767. The van der Waals surface area contributed by atoms with E-state index < -0.39 is 0 Å². The molecule has 1 aliphatic heterocycles. The van der Waals surface area contributed by atoms with E-state index in [9.17, 15) is 9.59 Å². The van der Waals surface area contributed by atoms with Gasteiger partial charge in [0.25, 0.3) is 0 Å². The number of esters is 1. The van der Waals surface area contributed by atoms with Crippen molar-refractivity contribution in [1.82, 2.24) is 9.80 Å². The first kappa shape index (κ1) is 15.5. The van der Waals surface area contributed by atoms with Crippen LogP contribution in [0.4, 0.5) is 0 Å². The van der Waals surface area contributed by atoms with Crippen molar-refractivity contribution >= 4 is 11.9 Å². The molecule has 0 aromatic heterocycles. The second-order valence-electron chi connectivity index (χ2n) is 5.33. The maximum atomic E-state index is 12.0. The van der Waals surface area contributed by atoms with Crippen LogP contribution in [0.25, 0.3) is 0 Å². The Morgan fingerprint density at radius 2 is 1.71 bits per heavy atom. The summed E-state index contributed by atoms with van der Waals surface area (Å²) in [5.74, 6) is -0.277. The molecular formula is C16H22N2O3. The Hall–Kier alpha value is -1.88. The Morgan fingerprint density at radius 3 is 2.38 bits per heavy atom. The molecule has 1 fully saturated rings. The zero-order valence-corrected chi connectivity index (χ0v) is 12.5. The highest BCUT2D eigenvalue weighted by Crippen LogP contribution is 2.06. The van der Waals surface area contributed by atoms with Crippen molar-refractivity contribution in [3.63, 3.8) is 0 Å². The van der Waals surface area contributed by atoms with Crippen LogP contribution >= 0.6 is 0 Å². The van der Waals surface area contributed by atoms with Crippen LogP contribution in [0.15, 0.2) is 30.3 Å². The van der Waals surface area contributed by atoms with E-state index in [-0.39, 0.29) is 31.3 Å². The van der Waals surface area contributed by atoms with Crippen molar-refractivity contribution in [3.8, 4) is 0 Å². The molecule has 1 aromatic rings. The van der Waals surface area contributed by atoms with Gasteiger partial charge in [-0.15, -0.1) is 0 Å². The van der Waals surface area contributed by atoms with Gasteiger partial charge in [0.1, 0.15) is 6.61 Å². The zero-order valence-electron chi connectivity index (χ0n) is 12.5. The minimum atomic E-state index is -0.318. The second kappa shape index (κ2) is 7.78. The van der Waals surface area contributed by atoms with Gasteiger partial charge in [0.05, 0.1) is 6.42 Å². The molecule has 1 amide bonds. The first-order chi connectivity index (χ1) is 10.1. The molecule has 0 N–H and O–H groups in total. The lowest BCUT2D eigenvalue weighted by atomic mass is 10.2. The molecule has 0 bridgehead atoms. The van der Waals surface area contributed by atoms with Crippen LogP contribution < -0.4 is 0 Å². The fourth-order valence-corrected chi connectivity index (χ4v) is 2.23. The number of nitrogens with zero attached hydrogens (tertiary/aromatic N) is 2. The van der Waals surface area contributed by atoms with E-state index in [4.69, 9.17) is 4.74 Å². The Morgan fingerprint density at radius 1 is 1.05 bits per heavy atom. The van der Waals surface area contributed by atoms with E-state index >= 15 is 0 Å². The molecule has 1 saturated heterocycles. The third kappa shape index (κ3) is 5.19. The molecule has 0 atom stereocenters. The molecule has 0 radical (unpaired) electrons. The number of piperazine rings is 1. The molecule has 0 spiro atoms. The Kier molecular flexibility index (Phi) is 5.75. The molecular weight excluding hydrogens is 268 g/mol. The van der Waals surface area contributed by atoms with E-state index in [2.05, 4.69) is 4.90 Å². The van der Waals surface area contributed by atoms with Gasteiger partial charge in [-0.05, 0) is 12.6 Å². The molecule has 21 heavy (non-hydrogen) atoms. The normalized spacial score (nSPS) is 15.8. The average molecular weight is 290 g/mol. The Balaban J connectivity index is 1.65. The second-order valence-corrected chi connectivity index (χ2v) is 5.33. The van der Waals surface area contributed by atoms with Gasteiger partial charge in [0.2, 0.25) is 5.91 Å². The van der Waals surface area contributed by atoms with Gasteiger partial charge in [-0.3, -0.25) is 9.59 Å². The SMILES string of the molecule is CN1CCN(C(=O)CCC(=O)OCc2ccccc2)CC1. The number of rotatable bonds is 5. The van der Waals surface area contributed by atoms with Crippen molar-refractivity contribution < 1.29 is 14.3 Å². The molecule has 5 heteroatoms. The topological polar surface area (TPSA) is 49.9 Å². The summed E-state index contributed by atoms with van der Waals surface area (Å²) in [6.45, 7) is 3.54. The van der Waals surface area contributed by atoms with Gasteiger partial charge < -0.3 is 14.5 Å². The zero-order chi connectivity index (χ0) is 15.1. The van der Waals surface area contributed by atoms with Gasteiger partial charge in [0, 0.05) is 32.6 Å². The highest BCUT2D eigenvalue weighted by atomic mass is 16.5. The van der Waals surface area contributed by atoms with E-state index in [0.717, 1.165) is 31.7 Å². The largest absolute Gasteiger partial charge is 0.461 e. The summed E-state index contributed by atoms with van der Waals surface area (Å²) in [5.41, 5.74) is 0.955. The fraction of sp³-hybridized carbons (Fsp3) is 0.500. The van der Waals surface area contributed by atoms with Crippen LogP contribution in [0.3, 0.4) is 0 Å². The number of likely N-dealkylation sites (N-methyl/N-ethyl adjacent to an activating group) is 1. The molecule has 0 aliphatic carbocycles. The number of carbonyl (C=O) groups is 2. The third-order valence-corrected chi connectivity index (χ3v) is 3.64. The maximum Gasteiger partial charge on any atom is 0.306 e. The number of amides is 1. The van der Waals surface area contributed by atoms with Crippen molar-refractivity contribution in [2.75, 3.05) is 33.2 Å². The van der Waals surface area contributed by atoms with Crippen LogP contribution in [0.1, 0.15) is 18.4 Å². The van der Waals surface area contributed by atoms with Crippen molar-refractivity contribution in [2.45, 2.75) is 19.4 Å². The lowest BCUT2D eigenvalue weighted by Crippen LogP contribution is -2.47. The Bertz CT molecular complexity index is 468. The molecule has 2 rings (SSSR count). The molecule has 114 valence electrons. The van der Waals surface area contributed by atoms with Crippen LogP contribution in [-0.2, 0) is 20.9 Å². The summed E-state index contributed by atoms with van der Waals surface area (Å²) < 4.78 is 5.16. The monoisotopic (exact) mass is 290 g/mol. The molecule has 1 heterocycles. The van der Waals surface area contributed by atoms with Gasteiger partial charge in [-0.25, -0.2) is 0 Å². The number of benzene rings is 1. The number of hydrogen-bond acceptors (Lipinski definition) is 4. The van der Waals surface area contributed by atoms with Crippen LogP contribution in [0.5, 0.6) is 0 Å². The highest BCUT2D eigenvalue weighted by Gasteiger charge is 2.19. The maximum absolute atomic E-state index is 12.0. The average Bonchev–Trinajstić information content (AvgIpc) is 2.52. The third-order valence-electron chi connectivity index (χ3n) is 3.64. The molecule has 5 nitrogen and oxygen atoms in total. The van der Waals surface area contributed by atoms with E-state index in [1.165, 1.54) is 0 Å². The van der Waals surface area contributed by atoms with Gasteiger partial charge >= 0.3 is 5.97 Å². The smallest absolute Gasteiger partial charge is 0.306 e. The molecule has 0 saturated carbocycles. The van der Waals surface area contributed by atoms with Crippen LogP contribution in [0, 0.1) is 0 Å². The highest BCUT2D eigenvalue weighted by molar-refractivity contribution is 5.81. The Labute approximate surface area is 125 Å². The molecule has 1 aromatic carbocycles. The molecule has 0 unspecified atom stereocenters. The summed E-state index contributed by atoms with van der Waals surface area (Å²) >= 11 is 0. The molecule has 1 aliphatic rings. The van der Waals surface area contributed by atoms with Gasteiger partial charge in [-0.2, -0.15) is 0 Å². The summed E-state index contributed by atoms with van der Waals surface area (Å²) in [4.78, 5) is 27.7. The number of ether oxygens (including phenoxy) is 1. The van der Waals surface area contributed by atoms with Gasteiger partial charge in [0.15, 0.2) is 0 Å². The summed E-state index contributed by atoms with van der Waals surface area (Å²) in [6, 6.07) is 9.53. The first-order valence-corrected chi connectivity index (χ1v) is 7.31. The standard InChI is InChI=1S/C16H22N2O3/c1-17-9-11-18(12-10-17)15(19)7-8-16(20)21-13-14-5-3-2-4-6-14/h2-6H,7-13H2,1H3. The number of carbonyl (C=O) groups excluding carboxylic acids is 2. The van der Waals surface area contributed by atoms with Crippen molar-refractivity contribution in [3.05, 3.63) is 35.9 Å². The van der Waals surface area contributed by atoms with E-state index in [0.29, 0.717) is 0 Å². The van der Waals surface area contributed by atoms with Crippen LogP contribution in [-0.4, -0.2) is 54.9 Å². The van der Waals surface area contributed by atoms with Gasteiger partial charge in [-0.1, -0.05) is 30.3 Å². The van der Waals surface area contributed by atoms with E-state index in [1.54, 1.807) is 0 Å². The predicted octanol–water partition coefficient (Wildman–Crippen LogP) is 1.28. The summed E-state index contributed by atoms with van der Waals surface area (Å²) in [5, 5.41) is 0. The van der Waals surface area contributed by atoms with E-state index in [1.807, 2.05) is 42.3 Å². The number of hydrogen-bond donors (Lipinski definition) is 0. The minimum absolute atomic E-state index is 0.0414. The van der Waals surface area contributed by atoms with Crippen molar-refractivity contribution in [2.24, 2.45) is 0 Å². The summed E-state index contributed by atoms with van der Waals surface area (Å²) in [6.07, 6.45) is 0.384. The van der Waals surface area contributed by atoms with Crippen LogP contribution in [0.2, 0.25) is 0 Å². The predicted molar refractivity (Wildman–Crippen MR) is 79.5 cm³/mol. The summed E-state index contributed by atoms with van der Waals surface area (Å²) in [7, 11) is 2.04. The lowest BCUT2D eigenvalue weighted by Gasteiger charge is -2.32. The first-order valence-electron chi connectivity index (χ1n) is 7.31. The van der Waals surface area contributed by atoms with Crippen molar-refractivity contribution in [1.29, 1.82) is 0 Å². The lowest BCUT2D eigenvalue weighted by molar-refractivity contribution is -0.147.